The summed E-state index contributed by atoms with van der Waals surface area (Å²) in [6.45, 7) is 10.5. The van der Waals surface area contributed by atoms with Gasteiger partial charge in [-0.05, 0) is 34.7 Å². The van der Waals surface area contributed by atoms with Crippen molar-refractivity contribution in [2.75, 3.05) is 31.1 Å². The Morgan fingerprint density at radius 2 is 1.69 bits per heavy atom. The van der Waals surface area contributed by atoms with Crippen LogP contribution in [-0.2, 0) is 12.0 Å². The number of hydrogen-bond acceptors (Lipinski definition) is 3. The van der Waals surface area contributed by atoms with Crippen LogP contribution < -0.4 is 10.2 Å². The van der Waals surface area contributed by atoms with Gasteiger partial charge in [0.2, 0.25) is 0 Å². The van der Waals surface area contributed by atoms with E-state index in [1.807, 2.05) is 17.0 Å². The molecule has 2 heterocycles. The largest absolute Gasteiger partial charge is 0.368 e. The minimum Gasteiger partial charge on any atom is -0.368 e. The standard InChI is InChI=1S/C21H28N4O/c1-21(2,3)18-6-4-5-7-19(18)24-12-14-25(15-13-24)20(26)23-16-17-8-10-22-11-9-17/h4-11H,12-16H2,1-3H3,(H,23,26). The van der Waals surface area contributed by atoms with Crippen LogP contribution in [0.2, 0.25) is 0 Å². The summed E-state index contributed by atoms with van der Waals surface area (Å²) in [5.74, 6) is 0. The lowest BCUT2D eigenvalue weighted by Crippen LogP contribution is -2.52. The minimum absolute atomic E-state index is 0.00516. The molecule has 138 valence electrons. The summed E-state index contributed by atoms with van der Waals surface area (Å²) >= 11 is 0. The zero-order chi connectivity index (χ0) is 18.6. The Bertz CT molecular complexity index is 731. The van der Waals surface area contributed by atoms with Gasteiger partial charge < -0.3 is 15.1 Å². The van der Waals surface area contributed by atoms with Crippen LogP contribution in [0.3, 0.4) is 0 Å². The fourth-order valence-corrected chi connectivity index (χ4v) is 3.32. The van der Waals surface area contributed by atoms with E-state index in [0.717, 1.165) is 31.7 Å². The van der Waals surface area contributed by atoms with Crippen molar-refractivity contribution in [1.82, 2.24) is 15.2 Å². The van der Waals surface area contributed by atoms with Crippen LogP contribution in [0.15, 0.2) is 48.8 Å². The second kappa shape index (κ2) is 7.77. The lowest BCUT2D eigenvalue weighted by molar-refractivity contribution is 0.194. The first-order valence-corrected chi connectivity index (χ1v) is 9.21. The van der Waals surface area contributed by atoms with E-state index in [1.54, 1.807) is 12.4 Å². The molecule has 5 nitrogen and oxygen atoms in total. The molecule has 1 saturated heterocycles. The highest BCUT2D eigenvalue weighted by atomic mass is 16.2. The molecule has 1 fully saturated rings. The third-order valence-corrected chi connectivity index (χ3v) is 4.81. The van der Waals surface area contributed by atoms with E-state index in [0.29, 0.717) is 6.54 Å². The minimum atomic E-state index is 0.00516. The lowest BCUT2D eigenvalue weighted by Gasteiger charge is -2.38. The number of para-hydroxylation sites is 1. The molecule has 2 aromatic rings. The highest BCUT2D eigenvalue weighted by molar-refractivity contribution is 5.74. The van der Waals surface area contributed by atoms with Gasteiger partial charge in [-0.2, -0.15) is 0 Å². The molecule has 0 radical (unpaired) electrons. The van der Waals surface area contributed by atoms with E-state index in [2.05, 4.69) is 60.2 Å². The molecular formula is C21H28N4O. The molecule has 1 aromatic heterocycles. The molecule has 1 aromatic carbocycles. The Hall–Kier alpha value is -2.56. The average Bonchev–Trinajstić information content (AvgIpc) is 2.66. The number of hydrogen-bond donors (Lipinski definition) is 1. The van der Waals surface area contributed by atoms with Crippen LogP contribution in [0.1, 0.15) is 31.9 Å². The predicted molar refractivity (Wildman–Crippen MR) is 105 cm³/mol. The first kappa shape index (κ1) is 18.2. The normalized spacial score (nSPS) is 15.0. The second-order valence-corrected chi connectivity index (χ2v) is 7.76. The molecule has 5 heteroatoms. The van der Waals surface area contributed by atoms with E-state index in [1.165, 1.54) is 11.3 Å². The van der Waals surface area contributed by atoms with Crippen LogP contribution in [-0.4, -0.2) is 42.1 Å². The average molecular weight is 352 g/mol. The third-order valence-electron chi connectivity index (χ3n) is 4.81. The number of urea groups is 1. The maximum atomic E-state index is 12.4. The number of rotatable bonds is 3. The Balaban J connectivity index is 1.57. The van der Waals surface area contributed by atoms with Crippen LogP contribution >= 0.6 is 0 Å². The van der Waals surface area contributed by atoms with Crippen LogP contribution in [0, 0.1) is 0 Å². The van der Waals surface area contributed by atoms with Crippen LogP contribution in [0.4, 0.5) is 10.5 Å². The fourth-order valence-electron chi connectivity index (χ4n) is 3.32. The van der Waals surface area contributed by atoms with Gasteiger partial charge in [0.25, 0.3) is 0 Å². The predicted octanol–water partition coefficient (Wildman–Crippen LogP) is 3.41. The van der Waals surface area contributed by atoms with Crippen molar-refractivity contribution >= 4 is 11.7 Å². The number of nitrogens with zero attached hydrogens (tertiary/aromatic N) is 3. The Kier molecular flexibility index (Phi) is 5.45. The molecule has 1 N–H and O–H groups in total. The van der Waals surface area contributed by atoms with E-state index in [-0.39, 0.29) is 11.4 Å². The number of nitrogens with one attached hydrogen (secondary N) is 1. The maximum absolute atomic E-state index is 12.4. The van der Waals surface area contributed by atoms with E-state index >= 15 is 0 Å². The van der Waals surface area contributed by atoms with E-state index in [9.17, 15) is 4.79 Å². The monoisotopic (exact) mass is 352 g/mol. The molecule has 0 unspecified atom stereocenters. The van der Waals surface area contributed by atoms with Gasteiger partial charge in [0.15, 0.2) is 0 Å². The number of carbonyl (C=O) groups is 1. The Morgan fingerprint density at radius 3 is 2.35 bits per heavy atom. The summed E-state index contributed by atoms with van der Waals surface area (Å²) in [4.78, 5) is 20.7. The van der Waals surface area contributed by atoms with Crippen molar-refractivity contribution in [2.24, 2.45) is 0 Å². The molecule has 2 amide bonds. The van der Waals surface area contributed by atoms with E-state index < -0.39 is 0 Å². The first-order chi connectivity index (χ1) is 12.4. The topological polar surface area (TPSA) is 48.5 Å². The Morgan fingerprint density at radius 1 is 1.04 bits per heavy atom. The molecule has 1 aliphatic heterocycles. The molecule has 0 bridgehead atoms. The molecule has 26 heavy (non-hydrogen) atoms. The number of piperazine rings is 1. The summed E-state index contributed by atoms with van der Waals surface area (Å²) in [5.41, 5.74) is 3.81. The summed E-state index contributed by atoms with van der Waals surface area (Å²) in [6.07, 6.45) is 3.49. The van der Waals surface area contributed by atoms with Gasteiger partial charge in [0, 0.05) is 50.8 Å². The molecule has 3 rings (SSSR count). The fraction of sp³-hybridized carbons (Fsp3) is 0.429. The number of amides is 2. The first-order valence-electron chi connectivity index (χ1n) is 9.21. The van der Waals surface area contributed by atoms with Gasteiger partial charge in [-0.25, -0.2) is 4.79 Å². The summed E-state index contributed by atoms with van der Waals surface area (Å²) < 4.78 is 0. The molecular weight excluding hydrogens is 324 g/mol. The third kappa shape index (κ3) is 4.34. The summed E-state index contributed by atoms with van der Waals surface area (Å²) in [7, 11) is 0. The summed E-state index contributed by atoms with van der Waals surface area (Å²) in [6, 6.07) is 12.4. The van der Waals surface area contributed by atoms with Crippen molar-refractivity contribution in [3.05, 3.63) is 59.9 Å². The number of benzene rings is 1. The highest BCUT2D eigenvalue weighted by Crippen LogP contribution is 2.32. The number of aromatic nitrogens is 1. The number of anilines is 1. The number of pyridine rings is 1. The molecule has 0 aliphatic carbocycles. The van der Waals surface area contributed by atoms with Crippen molar-refractivity contribution < 1.29 is 4.79 Å². The lowest BCUT2D eigenvalue weighted by atomic mass is 9.85. The maximum Gasteiger partial charge on any atom is 0.317 e. The van der Waals surface area contributed by atoms with Crippen molar-refractivity contribution in [3.8, 4) is 0 Å². The van der Waals surface area contributed by atoms with Gasteiger partial charge in [0.05, 0.1) is 0 Å². The second-order valence-electron chi connectivity index (χ2n) is 7.76. The van der Waals surface area contributed by atoms with Crippen molar-refractivity contribution in [3.63, 3.8) is 0 Å². The molecule has 0 spiro atoms. The highest BCUT2D eigenvalue weighted by Gasteiger charge is 2.25. The SMILES string of the molecule is CC(C)(C)c1ccccc1N1CCN(C(=O)NCc2ccncc2)CC1. The zero-order valence-corrected chi connectivity index (χ0v) is 15.9. The van der Waals surface area contributed by atoms with Gasteiger partial charge >= 0.3 is 6.03 Å². The van der Waals surface area contributed by atoms with Crippen LogP contribution in [0.5, 0.6) is 0 Å². The van der Waals surface area contributed by atoms with Gasteiger partial charge in [0.1, 0.15) is 0 Å². The van der Waals surface area contributed by atoms with Gasteiger partial charge in [-0.3, -0.25) is 4.98 Å². The molecule has 0 saturated carbocycles. The molecule has 1 aliphatic rings. The summed E-state index contributed by atoms with van der Waals surface area (Å²) in [5, 5.41) is 3.00. The van der Waals surface area contributed by atoms with Crippen molar-refractivity contribution in [2.45, 2.75) is 32.7 Å². The Labute approximate surface area is 156 Å². The van der Waals surface area contributed by atoms with Gasteiger partial charge in [-0.15, -0.1) is 0 Å². The smallest absolute Gasteiger partial charge is 0.317 e. The van der Waals surface area contributed by atoms with Crippen molar-refractivity contribution in [1.29, 1.82) is 0 Å². The van der Waals surface area contributed by atoms with Crippen LogP contribution in [0.25, 0.3) is 0 Å². The van der Waals surface area contributed by atoms with Gasteiger partial charge in [-0.1, -0.05) is 39.0 Å². The van der Waals surface area contributed by atoms with E-state index in [4.69, 9.17) is 0 Å². The molecule has 0 atom stereocenters. The number of carbonyl (C=O) groups excluding carboxylic acids is 1. The quantitative estimate of drug-likeness (QED) is 0.921. The zero-order valence-electron chi connectivity index (χ0n) is 15.9.